The van der Waals surface area contributed by atoms with E-state index in [1.807, 2.05) is 6.07 Å². The predicted octanol–water partition coefficient (Wildman–Crippen LogP) is 1.14. The standard InChI is InChI=1S/C19H23N5O4/c25-16-13-4-1-2-5-14(13)22-15(23-16)6-9-20-17(26)24-10-3-7-19(8-11-24)12-21-18(27)28-19/h1-2,4-5H,3,6-12H2,(H,20,26)(H,21,27)(H,22,23,25)/t19-/m1/s1. The molecule has 9 nitrogen and oxygen atoms in total. The highest BCUT2D eigenvalue weighted by Crippen LogP contribution is 2.29. The zero-order valence-corrected chi connectivity index (χ0v) is 15.5. The molecule has 2 aromatic rings. The number of ether oxygens (including phenoxy) is 1. The predicted molar refractivity (Wildman–Crippen MR) is 102 cm³/mol. The third-order valence-electron chi connectivity index (χ3n) is 5.35. The summed E-state index contributed by atoms with van der Waals surface area (Å²) in [4.78, 5) is 44.9. The Morgan fingerprint density at radius 3 is 2.93 bits per heavy atom. The Kier molecular flexibility index (Phi) is 4.89. The average Bonchev–Trinajstić information content (AvgIpc) is 2.92. The fourth-order valence-electron chi connectivity index (χ4n) is 3.80. The summed E-state index contributed by atoms with van der Waals surface area (Å²) >= 11 is 0. The summed E-state index contributed by atoms with van der Waals surface area (Å²) in [7, 11) is 0. The smallest absolute Gasteiger partial charge is 0.407 e. The number of fused-ring (bicyclic) bond motifs is 1. The largest absolute Gasteiger partial charge is 0.441 e. The molecule has 0 saturated carbocycles. The highest BCUT2D eigenvalue weighted by Gasteiger charge is 2.41. The number of likely N-dealkylation sites (tertiary alicyclic amines) is 1. The number of para-hydroxylation sites is 1. The van der Waals surface area contributed by atoms with Gasteiger partial charge in [0.25, 0.3) is 5.56 Å². The van der Waals surface area contributed by atoms with Crippen LogP contribution in [0.3, 0.4) is 0 Å². The van der Waals surface area contributed by atoms with Crippen molar-refractivity contribution in [3.8, 4) is 0 Å². The van der Waals surface area contributed by atoms with E-state index in [1.165, 1.54) is 0 Å². The van der Waals surface area contributed by atoms with Crippen molar-refractivity contribution in [3.05, 3.63) is 40.4 Å². The molecule has 9 heteroatoms. The number of H-pyrrole nitrogens is 1. The molecule has 2 aliphatic rings. The first-order valence-electron chi connectivity index (χ1n) is 9.52. The quantitative estimate of drug-likeness (QED) is 0.733. The van der Waals surface area contributed by atoms with E-state index >= 15 is 0 Å². The van der Waals surface area contributed by atoms with E-state index in [4.69, 9.17) is 4.74 Å². The third-order valence-corrected chi connectivity index (χ3v) is 5.35. The second-order valence-corrected chi connectivity index (χ2v) is 7.28. The lowest BCUT2D eigenvalue weighted by molar-refractivity contribution is 0.0453. The first kappa shape index (κ1) is 18.3. The van der Waals surface area contributed by atoms with E-state index in [2.05, 4.69) is 20.6 Å². The van der Waals surface area contributed by atoms with Crippen molar-refractivity contribution < 1.29 is 14.3 Å². The summed E-state index contributed by atoms with van der Waals surface area (Å²) in [5.74, 6) is 0.544. The van der Waals surface area contributed by atoms with Crippen molar-refractivity contribution in [1.29, 1.82) is 0 Å². The molecule has 4 rings (SSSR count). The Morgan fingerprint density at radius 2 is 2.11 bits per heavy atom. The minimum Gasteiger partial charge on any atom is -0.441 e. The fourth-order valence-corrected chi connectivity index (χ4v) is 3.80. The van der Waals surface area contributed by atoms with Gasteiger partial charge in [0.15, 0.2) is 0 Å². The Balaban J connectivity index is 1.31. The monoisotopic (exact) mass is 385 g/mol. The van der Waals surface area contributed by atoms with Crippen LogP contribution in [0.4, 0.5) is 9.59 Å². The van der Waals surface area contributed by atoms with Gasteiger partial charge in [-0.2, -0.15) is 0 Å². The molecule has 1 atom stereocenters. The number of hydrogen-bond acceptors (Lipinski definition) is 5. The van der Waals surface area contributed by atoms with Gasteiger partial charge in [-0.3, -0.25) is 4.79 Å². The third kappa shape index (κ3) is 3.78. The molecule has 3 amide bonds. The van der Waals surface area contributed by atoms with Crippen LogP contribution in [0.25, 0.3) is 10.9 Å². The van der Waals surface area contributed by atoms with Crippen LogP contribution in [0.15, 0.2) is 29.1 Å². The van der Waals surface area contributed by atoms with Crippen LogP contribution in [-0.2, 0) is 11.2 Å². The lowest BCUT2D eigenvalue weighted by Gasteiger charge is -2.25. The SMILES string of the molecule is O=C1NC[C@]2(CCCN(C(=O)NCCc3nc4ccccc4c(=O)[nH]3)CC2)O1. The lowest BCUT2D eigenvalue weighted by atomic mass is 9.95. The molecule has 28 heavy (non-hydrogen) atoms. The number of carbonyl (C=O) groups excluding carboxylic acids is 2. The summed E-state index contributed by atoms with van der Waals surface area (Å²) in [6, 6.07) is 7.01. The molecule has 3 N–H and O–H groups in total. The molecule has 148 valence electrons. The summed E-state index contributed by atoms with van der Waals surface area (Å²) in [6.07, 6.45) is 2.21. The van der Waals surface area contributed by atoms with Gasteiger partial charge in [-0.1, -0.05) is 12.1 Å². The second-order valence-electron chi connectivity index (χ2n) is 7.28. The minimum atomic E-state index is -0.486. The summed E-state index contributed by atoms with van der Waals surface area (Å²) in [5.41, 5.74) is -0.0183. The van der Waals surface area contributed by atoms with Gasteiger partial charge in [0, 0.05) is 32.5 Å². The Labute approximate surface area is 161 Å². The number of carbonyl (C=O) groups is 2. The number of nitrogens with one attached hydrogen (secondary N) is 3. The number of urea groups is 1. The van der Waals surface area contributed by atoms with Crippen molar-refractivity contribution in [1.82, 2.24) is 25.5 Å². The number of nitrogens with zero attached hydrogens (tertiary/aromatic N) is 2. The van der Waals surface area contributed by atoms with Crippen molar-refractivity contribution in [2.24, 2.45) is 0 Å². The van der Waals surface area contributed by atoms with Crippen LogP contribution < -0.4 is 16.2 Å². The topological polar surface area (TPSA) is 116 Å². The fraction of sp³-hybridized carbons (Fsp3) is 0.474. The van der Waals surface area contributed by atoms with Gasteiger partial charge in [0.05, 0.1) is 17.4 Å². The van der Waals surface area contributed by atoms with Gasteiger partial charge in [-0.05, 0) is 25.0 Å². The maximum absolute atomic E-state index is 12.5. The summed E-state index contributed by atoms with van der Waals surface area (Å²) in [5, 5.41) is 6.14. The molecular weight excluding hydrogens is 362 g/mol. The van der Waals surface area contributed by atoms with E-state index in [-0.39, 0.29) is 17.7 Å². The molecule has 1 aromatic carbocycles. The highest BCUT2D eigenvalue weighted by atomic mass is 16.6. The lowest BCUT2D eigenvalue weighted by Crippen LogP contribution is -2.42. The van der Waals surface area contributed by atoms with E-state index in [1.54, 1.807) is 23.1 Å². The number of amides is 3. The Hall–Kier alpha value is -3.10. The van der Waals surface area contributed by atoms with Crippen LogP contribution in [0, 0.1) is 0 Å². The number of rotatable bonds is 3. The van der Waals surface area contributed by atoms with Crippen LogP contribution in [0.2, 0.25) is 0 Å². The Bertz CT molecular complexity index is 959. The van der Waals surface area contributed by atoms with Gasteiger partial charge in [-0.25, -0.2) is 14.6 Å². The molecule has 1 aromatic heterocycles. The number of benzene rings is 1. The average molecular weight is 385 g/mol. The Morgan fingerprint density at radius 1 is 1.25 bits per heavy atom. The maximum atomic E-state index is 12.5. The summed E-state index contributed by atoms with van der Waals surface area (Å²) < 4.78 is 5.43. The van der Waals surface area contributed by atoms with Crippen LogP contribution in [-0.4, -0.2) is 58.8 Å². The van der Waals surface area contributed by atoms with Crippen molar-refractivity contribution in [3.63, 3.8) is 0 Å². The molecule has 2 fully saturated rings. The number of hydrogen-bond donors (Lipinski definition) is 3. The van der Waals surface area contributed by atoms with Crippen molar-refractivity contribution in [2.75, 3.05) is 26.2 Å². The molecule has 2 aliphatic heterocycles. The van der Waals surface area contributed by atoms with Crippen molar-refractivity contribution in [2.45, 2.75) is 31.3 Å². The first-order valence-corrected chi connectivity index (χ1v) is 9.52. The van der Waals surface area contributed by atoms with E-state index in [0.29, 0.717) is 55.7 Å². The number of aromatic nitrogens is 2. The minimum absolute atomic E-state index is 0.155. The first-order chi connectivity index (χ1) is 13.5. The summed E-state index contributed by atoms with van der Waals surface area (Å²) in [6.45, 7) is 2.03. The van der Waals surface area contributed by atoms with Gasteiger partial charge in [0.2, 0.25) is 0 Å². The van der Waals surface area contributed by atoms with Gasteiger partial charge in [-0.15, -0.1) is 0 Å². The molecule has 2 saturated heterocycles. The normalized spacial score (nSPS) is 22.0. The van der Waals surface area contributed by atoms with Gasteiger partial charge in [0.1, 0.15) is 11.4 Å². The van der Waals surface area contributed by atoms with Crippen LogP contribution in [0.1, 0.15) is 25.1 Å². The van der Waals surface area contributed by atoms with Crippen LogP contribution in [0.5, 0.6) is 0 Å². The molecule has 0 unspecified atom stereocenters. The number of aromatic amines is 1. The van der Waals surface area contributed by atoms with E-state index < -0.39 is 5.60 Å². The van der Waals surface area contributed by atoms with Crippen LogP contribution >= 0.6 is 0 Å². The van der Waals surface area contributed by atoms with Gasteiger partial charge >= 0.3 is 12.1 Å². The second kappa shape index (κ2) is 7.49. The molecule has 0 radical (unpaired) electrons. The highest BCUT2D eigenvalue weighted by molar-refractivity contribution is 5.77. The van der Waals surface area contributed by atoms with E-state index in [0.717, 1.165) is 12.8 Å². The zero-order chi connectivity index (χ0) is 19.6. The van der Waals surface area contributed by atoms with E-state index in [9.17, 15) is 14.4 Å². The molecule has 3 heterocycles. The van der Waals surface area contributed by atoms with Gasteiger partial charge < -0.3 is 25.3 Å². The molecule has 0 bridgehead atoms. The van der Waals surface area contributed by atoms with Crippen molar-refractivity contribution >= 4 is 23.0 Å². The molecular formula is C19H23N5O4. The molecule has 0 aliphatic carbocycles. The number of alkyl carbamates (subject to hydrolysis) is 1. The maximum Gasteiger partial charge on any atom is 0.407 e. The zero-order valence-electron chi connectivity index (χ0n) is 15.5. The molecule has 1 spiro atoms.